The van der Waals surface area contributed by atoms with E-state index in [1.165, 1.54) is 31.5 Å². The maximum absolute atomic E-state index is 13.3. The second kappa shape index (κ2) is 9.33. The molecule has 9 heteroatoms. The molecular weight excluding hydrogens is 384 g/mol. The van der Waals surface area contributed by atoms with Crippen molar-refractivity contribution in [2.45, 2.75) is 31.8 Å². The summed E-state index contributed by atoms with van der Waals surface area (Å²) < 4.78 is 31.5. The van der Waals surface area contributed by atoms with Crippen LogP contribution in [0, 0.1) is 11.6 Å². The topological polar surface area (TPSA) is 111 Å². The summed E-state index contributed by atoms with van der Waals surface area (Å²) in [5.41, 5.74) is 4.17. The Morgan fingerprint density at radius 2 is 1.90 bits per heavy atom. The molecule has 0 saturated heterocycles. The fourth-order valence-corrected chi connectivity index (χ4v) is 2.80. The molecule has 0 fully saturated rings. The van der Waals surface area contributed by atoms with Crippen LogP contribution in [0.1, 0.15) is 25.0 Å². The van der Waals surface area contributed by atoms with Crippen LogP contribution >= 0.6 is 0 Å². The first-order valence-electron chi connectivity index (χ1n) is 8.83. The van der Waals surface area contributed by atoms with E-state index in [4.69, 9.17) is 10.5 Å². The molecule has 1 amide bonds. The molecule has 0 aliphatic heterocycles. The number of nitrogens with zero attached hydrogens (tertiary/aromatic N) is 1. The zero-order valence-corrected chi connectivity index (χ0v) is 15.9. The molecule has 0 aliphatic carbocycles. The van der Waals surface area contributed by atoms with Crippen molar-refractivity contribution < 1.29 is 27.9 Å². The van der Waals surface area contributed by atoms with Crippen LogP contribution in [0.15, 0.2) is 42.7 Å². The molecule has 0 saturated carbocycles. The molecule has 29 heavy (non-hydrogen) atoms. The number of nitrogens with two attached hydrogens (primary N) is 1. The minimum Gasteiger partial charge on any atom is -0.464 e. The number of pyridine rings is 1. The predicted octanol–water partition coefficient (Wildman–Crippen LogP) is 1.39. The maximum Gasteiger partial charge on any atom is 0.338 e. The van der Waals surface area contributed by atoms with Crippen LogP contribution in [0.3, 0.4) is 0 Å². The molecule has 3 N–H and O–H groups in total. The largest absolute Gasteiger partial charge is 0.464 e. The van der Waals surface area contributed by atoms with E-state index >= 15 is 0 Å². The highest BCUT2D eigenvalue weighted by molar-refractivity contribution is 6.11. The van der Waals surface area contributed by atoms with Gasteiger partial charge in [-0.2, -0.15) is 0 Å². The molecule has 1 unspecified atom stereocenters. The number of esters is 1. The van der Waals surface area contributed by atoms with E-state index in [1.807, 2.05) is 0 Å². The summed E-state index contributed by atoms with van der Waals surface area (Å²) in [6, 6.07) is 4.48. The number of amides is 1. The van der Waals surface area contributed by atoms with Gasteiger partial charge in [-0.15, -0.1) is 0 Å². The molecular formula is C20H21F2N3O4. The van der Waals surface area contributed by atoms with Gasteiger partial charge in [-0.3, -0.25) is 14.6 Å². The summed E-state index contributed by atoms with van der Waals surface area (Å²) in [6.07, 6.45) is 2.35. The predicted molar refractivity (Wildman–Crippen MR) is 99.4 cm³/mol. The zero-order valence-electron chi connectivity index (χ0n) is 15.9. The minimum atomic E-state index is -2.18. The molecule has 0 spiro atoms. The molecule has 1 aromatic carbocycles. The summed E-state index contributed by atoms with van der Waals surface area (Å²) in [4.78, 5) is 41.6. The van der Waals surface area contributed by atoms with E-state index in [0.717, 1.165) is 12.1 Å². The molecule has 1 heterocycles. The van der Waals surface area contributed by atoms with Crippen LogP contribution in [0.25, 0.3) is 0 Å². The molecule has 0 aliphatic rings. The van der Waals surface area contributed by atoms with Crippen molar-refractivity contribution in [3.05, 3.63) is 65.5 Å². The second-order valence-corrected chi connectivity index (χ2v) is 6.38. The highest BCUT2D eigenvalue weighted by Crippen LogP contribution is 2.22. The summed E-state index contributed by atoms with van der Waals surface area (Å²) in [5.74, 6) is -4.11. The van der Waals surface area contributed by atoms with Gasteiger partial charge in [0, 0.05) is 24.0 Å². The van der Waals surface area contributed by atoms with Crippen LogP contribution in [-0.2, 0) is 31.1 Å². The second-order valence-electron chi connectivity index (χ2n) is 6.38. The van der Waals surface area contributed by atoms with Gasteiger partial charge < -0.3 is 15.8 Å². The van der Waals surface area contributed by atoms with Crippen LogP contribution in [-0.4, -0.2) is 35.3 Å². The standard InChI is InChI=1S/C20H21F2N3O4/c1-3-29-19(28)20(23,14-5-4-6-24-11-14)18(27)12(2)25-17(26)9-13-7-15(21)10-16(22)8-13/h4-8,10-12H,3,9,23H2,1-2H3,(H,25,26)/t12-,20?/m0/s1. The third-order valence-corrected chi connectivity index (χ3v) is 4.16. The third-order valence-electron chi connectivity index (χ3n) is 4.16. The maximum atomic E-state index is 13.3. The Balaban J connectivity index is 2.20. The minimum absolute atomic E-state index is 0.00278. The quantitative estimate of drug-likeness (QED) is 0.507. The lowest BCUT2D eigenvalue weighted by Crippen LogP contribution is -2.59. The lowest BCUT2D eigenvalue weighted by molar-refractivity contribution is -0.155. The van der Waals surface area contributed by atoms with Gasteiger partial charge in [0.25, 0.3) is 0 Å². The average Bonchev–Trinajstić information content (AvgIpc) is 2.66. The van der Waals surface area contributed by atoms with Gasteiger partial charge in [0.05, 0.1) is 19.1 Å². The Hall–Kier alpha value is -3.20. The first kappa shape index (κ1) is 22.1. The lowest BCUT2D eigenvalue weighted by Gasteiger charge is -2.28. The van der Waals surface area contributed by atoms with E-state index in [2.05, 4.69) is 10.3 Å². The van der Waals surface area contributed by atoms with Gasteiger partial charge in [0.1, 0.15) is 11.6 Å². The van der Waals surface area contributed by atoms with Crippen LogP contribution < -0.4 is 11.1 Å². The monoisotopic (exact) mass is 405 g/mol. The van der Waals surface area contributed by atoms with E-state index in [9.17, 15) is 23.2 Å². The van der Waals surface area contributed by atoms with Crippen molar-refractivity contribution in [3.8, 4) is 0 Å². The molecule has 2 rings (SSSR count). The Labute approximate surface area is 166 Å². The summed E-state index contributed by atoms with van der Waals surface area (Å²) in [5, 5.41) is 2.40. The van der Waals surface area contributed by atoms with Crippen molar-refractivity contribution in [2.75, 3.05) is 6.61 Å². The molecule has 154 valence electrons. The number of ether oxygens (including phenoxy) is 1. The van der Waals surface area contributed by atoms with Gasteiger partial charge >= 0.3 is 5.97 Å². The molecule has 2 atom stereocenters. The third kappa shape index (κ3) is 5.20. The van der Waals surface area contributed by atoms with Crippen molar-refractivity contribution in [2.24, 2.45) is 5.73 Å². The normalized spacial score (nSPS) is 13.8. The fraction of sp³-hybridized carbons (Fsp3) is 0.300. The number of aromatic nitrogens is 1. The number of carbonyl (C=O) groups is 3. The van der Waals surface area contributed by atoms with Crippen molar-refractivity contribution in [3.63, 3.8) is 0 Å². The Kier molecular flexibility index (Phi) is 7.11. The van der Waals surface area contributed by atoms with Crippen LogP contribution in [0.2, 0.25) is 0 Å². The van der Waals surface area contributed by atoms with Crippen LogP contribution in [0.4, 0.5) is 8.78 Å². The summed E-state index contributed by atoms with van der Waals surface area (Å²) >= 11 is 0. The fourth-order valence-electron chi connectivity index (χ4n) is 2.80. The average molecular weight is 405 g/mol. The van der Waals surface area contributed by atoms with Gasteiger partial charge in [-0.1, -0.05) is 6.07 Å². The Bertz CT molecular complexity index is 888. The van der Waals surface area contributed by atoms with Crippen molar-refractivity contribution in [1.82, 2.24) is 10.3 Å². The first-order valence-corrected chi connectivity index (χ1v) is 8.83. The zero-order chi connectivity index (χ0) is 21.6. The van der Waals surface area contributed by atoms with E-state index in [0.29, 0.717) is 6.07 Å². The van der Waals surface area contributed by atoms with E-state index < -0.39 is 40.9 Å². The molecule has 0 bridgehead atoms. The number of hydrogen-bond donors (Lipinski definition) is 2. The lowest BCUT2D eigenvalue weighted by atomic mass is 9.84. The molecule has 2 aromatic rings. The SMILES string of the molecule is CCOC(=O)C(N)(C(=O)[C@H](C)NC(=O)Cc1cc(F)cc(F)c1)c1cccnc1. The molecule has 0 radical (unpaired) electrons. The van der Waals surface area contributed by atoms with E-state index in [1.54, 1.807) is 6.92 Å². The Morgan fingerprint density at radius 3 is 2.45 bits per heavy atom. The number of nitrogens with one attached hydrogen (secondary N) is 1. The van der Waals surface area contributed by atoms with Gasteiger partial charge in [-0.25, -0.2) is 13.6 Å². The van der Waals surface area contributed by atoms with Gasteiger partial charge in [0.15, 0.2) is 5.78 Å². The summed E-state index contributed by atoms with van der Waals surface area (Å²) in [6.45, 7) is 2.91. The number of benzene rings is 1. The molecule has 1 aromatic heterocycles. The number of carbonyl (C=O) groups excluding carboxylic acids is 3. The number of ketones is 1. The van der Waals surface area contributed by atoms with E-state index in [-0.39, 0.29) is 24.2 Å². The number of halogens is 2. The van der Waals surface area contributed by atoms with Gasteiger partial charge in [-0.05, 0) is 37.6 Å². The first-order chi connectivity index (χ1) is 13.7. The highest BCUT2D eigenvalue weighted by atomic mass is 19.1. The van der Waals surface area contributed by atoms with Gasteiger partial charge in [0.2, 0.25) is 11.4 Å². The van der Waals surface area contributed by atoms with Crippen molar-refractivity contribution >= 4 is 17.7 Å². The number of hydrogen-bond acceptors (Lipinski definition) is 6. The molecule has 7 nitrogen and oxygen atoms in total. The number of Topliss-reactive ketones (excluding diaryl/α,β-unsaturated/α-hetero) is 1. The number of rotatable bonds is 8. The summed E-state index contributed by atoms with van der Waals surface area (Å²) in [7, 11) is 0. The highest BCUT2D eigenvalue weighted by Gasteiger charge is 2.47. The Morgan fingerprint density at radius 1 is 1.24 bits per heavy atom. The smallest absolute Gasteiger partial charge is 0.338 e. The van der Waals surface area contributed by atoms with Crippen LogP contribution in [0.5, 0.6) is 0 Å². The van der Waals surface area contributed by atoms with Crippen molar-refractivity contribution in [1.29, 1.82) is 0 Å².